The number of hydrazine groups is 1. The van der Waals surface area contributed by atoms with E-state index in [1.807, 2.05) is 4.90 Å². The van der Waals surface area contributed by atoms with Crippen LogP contribution in [0.5, 0.6) is 0 Å². The van der Waals surface area contributed by atoms with Crippen molar-refractivity contribution in [3.8, 4) is 0 Å². The number of hydrogen-bond acceptors (Lipinski definition) is 4. The molecule has 1 aromatic carbocycles. The molecule has 0 atom stereocenters. The van der Waals surface area contributed by atoms with Gasteiger partial charge in [-0.3, -0.25) is 15.0 Å². The lowest BCUT2D eigenvalue weighted by Gasteiger charge is -2.36. The van der Waals surface area contributed by atoms with Gasteiger partial charge in [0.1, 0.15) is 0 Å². The highest BCUT2D eigenvalue weighted by Crippen LogP contribution is 2.17. The Morgan fingerprint density at radius 1 is 1.09 bits per heavy atom. The predicted octanol–water partition coefficient (Wildman–Crippen LogP) is 0.804. The molecule has 2 rings (SSSR count). The monoisotopic (exact) mass is 304 g/mol. The summed E-state index contributed by atoms with van der Waals surface area (Å²) in [6.07, 6.45) is 1.24. The molecule has 22 heavy (non-hydrogen) atoms. The minimum absolute atomic E-state index is 0.119. The van der Waals surface area contributed by atoms with Gasteiger partial charge in [0.25, 0.3) is 0 Å². The Morgan fingerprint density at radius 3 is 2.32 bits per heavy atom. The first-order valence-corrected chi connectivity index (χ1v) is 7.69. The maximum absolute atomic E-state index is 12.1. The van der Waals surface area contributed by atoms with Crippen LogP contribution < -0.4 is 16.2 Å². The van der Waals surface area contributed by atoms with Crippen molar-refractivity contribution in [1.29, 1.82) is 0 Å². The normalized spacial score (nSPS) is 14.8. The number of benzene rings is 1. The van der Waals surface area contributed by atoms with Gasteiger partial charge in [-0.25, -0.2) is 5.84 Å². The second-order valence-corrected chi connectivity index (χ2v) is 5.62. The van der Waals surface area contributed by atoms with Gasteiger partial charge in [0.2, 0.25) is 11.8 Å². The number of rotatable bonds is 5. The first kappa shape index (κ1) is 16.3. The maximum Gasteiger partial charge on any atom is 0.233 e. The molecule has 0 unspecified atom stereocenters. The summed E-state index contributed by atoms with van der Waals surface area (Å²) in [5.74, 6) is 4.91. The smallest absolute Gasteiger partial charge is 0.233 e. The SMILES string of the molecule is Cc1ccc(N2CCN(C(=O)CCCC(=O)NN)CC2)cc1. The Balaban J connectivity index is 1.75. The van der Waals surface area contributed by atoms with E-state index < -0.39 is 0 Å². The molecule has 0 aromatic heterocycles. The minimum atomic E-state index is -0.225. The van der Waals surface area contributed by atoms with E-state index in [1.54, 1.807) is 0 Å². The average molecular weight is 304 g/mol. The zero-order chi connectivity index (χ0) is 15.9. The molecule has 0 radical (unpaired) electrons. The van der Waals surface area contributed by atoms with Gasteiger partial charge < -0.3 is 9.80 Å². The van der Waals surface area contributed by atoms with Gasteiger partial charge in [0.05, 0.1) is 0 Å². The molecule has 1 heterocycles. The number of piperazine rings is 1. The van der Waals surface area contributed by atoms with Crippen LogP contribution in [0.4, 0.5) is 5.69 Å². The van der Waals surface area contributed by atoms with Crippen molar-refractivity contribution in [2.75, 3.05) is 31.1 Å². The molecular weight excluding hydrogens is 280 g/mol. The van der Waals surface area contributed by atoms with Crippen LogP contribution >= 0.6 is 0 Å². The molecule has 2 amide bonds. The average Bonchev–Trinajstić information content (AvgIpc) is 2.55. The highest BCUT2D eigenvalue weighted by atomic mass is 16.2. The summed E-state index contributed by atoms with van der Waals surface area (Å²) in [5.41, 5.74) is 4.53. The fourth-order valence-corrected chi connectivity index (χ4v) is 2.60. The molecule has 120 valence electrons. The molecule has 0 saturated carbocycles. The third-order valence-electron chi connectivity index (χ3n) is 3.99. The third kappa shape index (κ3) is 4.46. The third-order valence-corrected chi connectivity index (χ3v) is 3.99. The second-order valence-electron chi connectivity index (χ2n) is 5.62. The fraction of sp³-hybridized carbons (Fsp3) is 0.500. The molecule has 1 aromatic rings. The summed E-state index contributed by atoms with van der Waals surface area (Å²) >= 11 is 0. The van der Waals surface area contributed by atoms with Crippen molar-refractivity contribution in [2.24, 2.45) is 5.84 Å². The molecule has 1 aliphatic rings. The van der Waals surface area contributed by atoms with E-state index in [9.17, 15) is 9.59 Å². The van der Waals surface area contributed by atoms with Gasteiger partial charge in [-0.15, -0.1) is 0 Å². The van der Waals surface area contributed by atoms with Crippen LogP contribution in [0.25, 0.3) is 0 Å². The van der Waals surface area contributed by atoms with Crippen LogP contribution in [-0.2, 0) is 9.59 Å². The molecule has 1 saturated heterocycles. The number of carbonyl (C=O) groups excluding carboxylic acids is 2. The molecule has 6 nitrogen and oxygen atoms in total. The van der Waals surface area contributed by atoms with Crippen molar-refractivity contribution < 1.29 is 9.59 Å². The number of carbonyl (C=O) groups is 2. The van der Waals surface area contributed by atoms with E-state index in [0.29, 0.717) is 19.3 Å². The first-order valence-electron chi connectivity index (χ1n) is 7.69. The van der Waals surface area contributed by atoms with Crippen LogP contribution in [0, 0.1) is 6.92 Å². The van der Waals surface area contributed by atoms with E-state index in [0.717, 1.165) is 26.2 Å². The van der Waals surface area contributed by atoms with Gasteiger partial charge in [-0.1, -0.05) is 17.7 Å². The van der Waals surface area contributed by atoms with Crippen molar-refractivity contribution in [1.82, 2.24) is 10.3 Å². The van der Waals surface area contributed by atoms with E-state index in [-0.39, 0.29) is 11.8 Å². The highest BCUT2D eigenvalue weighted by molar-refractivity contribution is 5.78. The Bertz CT molecular complexity index is 507. The lowest BCUT2D eigenvalue weighted by atomic mass is 10.1. The van der Waals surface area contributed by atoms with E-state index >= 15 is 0 Å². The fourth-order valence-electron chi connectivity index (χ4n) is 2.60. The number of nitrogens with one attached hydrogen (secondary N) is 1. The predicted molar refractivity (Wildman–Crippen MR) is 86.2 cm³/mol. The largest absolute Gasteiger partial charge is 0.368 e. The standard InChI is InChI=1S/C16H24N4O2/c1-13-5-7-14(8-6-13)19-9-11-20(12-10-19)16(22)4-2-3-15(21)18-17/h5-8H,2-4,9-12,17H2,1H3,(H,18,21). The number of aryl methyl sites for hydroxylation is 1. The lowest BCUT2D eigenvalue weighted by Crippen LogP contribution is -2.48. The van der Waals surface area contributed by atoms with Gasteiger partial charge in [0, 0.05) is 44.7 Å². The van der Waals surface area contributed by atoms with Gasteiger partial charge in [-0.2, -0.15) is 0 Å². The van der Waals surface area contributed by atoms with Crippen molar-refractivity contribution in [3.05, 3.63) is 29.8 Å². The van der Waals surface area contributed by atoms with Crippen LogP contribution in [0.2, 0.25) is 0 Å². The lowest BCUT2D eigenvalue weighted by molar-refractivity contribution is -0.131. The number of nitrogens with two attached hydrogens (primary N) is 1. The molecule has 3 N–H and O–H groups in total. The van der Waals surface area contributed by atoms with E-state index in [1.165, 1.54) is 11.3 Å². The summed E-state index contributed by atoms with van der Waals surface area (Å²) < 4.78 is 0. The quantitative estimate of drug-likeness (QED) is 0.479. The van der Waals surface area contributed by atoms with Gasteiger partial charge in [-0.05, 0) is 25.5 Å². The van der Waals surface area contributed by atoms with Gasteiger partial charge in [0.15, 0.2) is 0 Å². The molecule has 1 aliphatic heterocycles. The van der Waals surface area contributed by atoms with E-state index in [2.05, 4.69) is 41.5 Å². The molecule has 0 aliphatic carbocycles. The number of anilines is 1. The van der Waals surface area contributed by atoms with E-state index in [4.69, 9.17) is 5.84 Å². The Kier molecular flexibility index (Phi) is 5.77. The molecule has 0 spiro atoms. The number of hydrogen-bond donors (Lipinski definition) is 2. The molecule has 6 heteroatoms. The zero-order valence-corrected chi connectivity index (χ0v) is 13.0. The van der Waals surface area contributed by atoms with Crippen LogP contribution in [0.1, 0.15) is 24.8 Å². The van der Waals surface area contributed by atoms with Crippen molar-refractivity contribution in [3.63, 3.8) is 0 Å². The molecule has 1 fully saturated rings. The summed E-state index contributed by atoms with van der Waals surface area (Å²) in [7, 11) is 0. The number of amides is 2. The Labute approximate surface area is 131 Å². The first-order chi connectivity index (χ1) is 10.6. The summed E-state index contributed by atoms with van der Waals surface area (Å²) in [6, 6.07) is 8.46. The molecule has 0 bridgehead atoms. The topological polar surface area (TPSA) is 78.7 Å². The minimum Gasteiger partial charge on any atom is -0.368 e. The van der Waals surface area contributed by atoms with Crippen LogP contribution in [-0.4, -0.2) is 42.9 Å². The summed E-state index contributed by atoms with van der Waals surface area (Å²) in [4.78, 5) is 27.3. The van der Waals surface area contributed by atoms with Gasteiger partial charge >= 0.3 is 0 Å². The van der Waals surface area contributed by atoms with Crippen LogP contribution in [0.15, 0.2) is 24.3 Å². The Hall–Kier alpha value is -2.08. The summed E-state index contributed by atoms with van der Waals surface area (Å²) in [6.45, 7) is 5.23. The molecular formula is C16H24N4O2. The highest BCUT2D eigenvalue weighted by Gasteiger charge is 2.21. The number of nitrogens with zero attached hydrogens (tertiary/aromatic N) is 2. The summed E-state index contributed by atoms with van der Waals surface area (Å²) in [5, 5.41) is 0. The Morgan fingerprint density at radius 2 is 1.73 bits per heavy atom. The van der Waals surface area contributed by atoms with Crippen molar-refractivity contribution >= 4 is 17.5 Å². The maximum atomic E-state index is 12.1. The van der Waals surface area contributed by atoms with Crippen molar-refractivity contribution in [2.45, 2.75) is 26.2 Å². The van der Waals surface area contributed by atoms with Crippen LogP contribution in [0.3, 0.4) is 0 Å². The zero-order valence-electron chi connectivity index (χ0n) is 13.0. The second kappa shape index (κ2) is 7.79.